The molecule has 170 valence electrons. The zero-order valence-corrected chi connectivity index (χ0v) is 19.5. The summed E-state index contributed by atoms with van der Waals surface area (Å²) in [7, 11) is -4.76. The van der Waals surface area contributed by atoms with Crippen LogP contribution in [0.5, 0.6) is 0 Å². The number of aryl methyl sites for hydroxylation is 1. The van der Waals surface area contributed by atoms with E-state index in [0.717, 1.165) is 17.2 Å². The molecule has 0 unspecified atom stereocenters. The Morgan fingerprint density at radius 2 is 1.45 bits per heavy atom. The molecule has 0 bridgehead atoms. The van der Waals surface area contributed by atoms with Gasteiger partial charge in [-0.1, -0.05) is 57.2 Å². The number of carbonyl (C=O) groups excluding carboxylic acids is 2. The first-order chi connectivity index (χ1) is 15.3. The van der Waals surface area contributed by atoms with Gasteiger partial charge in [-0.3, -0.25) is 14.1 Å². The van der Waals surface area contributed by atoms with Gasteiger partial charge in [-0.15, -0.1) is 0 Å². The van der Waals surface area contributed by atoms with Crippen molar-refractivity contribution in [2.45, 2.75) is 38.0 Å². The Morgan fingerprint density at radius 3 is 1.97 bits per heavy atom. The lowest BCUT2D eigenvalue weighted by Gasteiger charge is -2.25. The van der Waals surface area contributed by atoms with E-state index in [2.05, 4.69) is 26.1 Å². The van der Waals surface area contributed by atoms with Crippen molar-refractivity contribution in [1.82, 2.24) is 0 Å². The SMILES string of the molecule is Cc1cc(C(C)(C)C)ccc1Nc1cc(S(=O)(=O)O)c(N)c2c1C(=O)c1ccccc1C2=O. The Balaban J connectivity index is 1.96. The molecule has 0 saturated carbocycles. The number of rotatable bonds is 3. The maximum Gasteiger partial charge on any atom is 0.296 e. The van der Waals surface area contributed by atoms with Gasteiger partial charge in [0.25, 0.3) is 10.1 Å². The highest BCUT2D eigenvalue weighted by Crippen LogP contribution is 2.40. The summed E-state index contributed by atoms with van der Waals surface area (Å²) in [6, 6.07) is 13.1. The minimum atomic E-state index is -4.76. The third-order valence-corrected chi connectivity index (χ3v) is 6.73. The second kappa shape index (κ2) is 7.54. The fraction of sp³-hybridized carbons (Fsp3) is 0.200. The lowest BCUT2D eigenvalue weighted by Crippen LogP contribution is -2.25. The van der Waals surface area contributed by atoms with Gasteiger partial charge in [0.15, 0.2) is 11.6 Å². The monoisotopic (exact) mass is 464 g/mol. The van der Waals surface area contributed by atoms with Crippen molar-refractivity contribution in [1.29, 1.82) is 0 Å². The summed E-state index contributed by atoms with van der Waals surface area (Å²) in [5, 5.41) is 3.10. The van der Waals surface area contributed by atoms with Gasteiger partial charge in [-0.05, 0) is 35.6 Å². The van der Waals surface area contributed by atoms with Gasteiger partial charge in [0.2, 0.25) is 0 Å². The first-order valence-corrected chi connectivity index (χ1v) is 11.7. The average Bonchev–Trinajstić information content (AvgIpc) is 2.72. The summed E-state index contributed by atoms with van der Waals surface area (Å²) >= 11 is 0. The standard InChI is InChI=1S/C25H24N2O5S/c1-13-11-14(25(2,3)4)9-10-17(13)27-18-12-19(33(30,31)32)22(26)21-20(18)23(28)15-7-5-6-8-16(15)24(21)29/h5-12,27H,26H2,1-4H3,(H,30,31,32). The minimum absolute atomic E-state index is 0.0251. The molecule has 33 heavy (non-hydrogen) atoms. The summed E-state index contributed by atoms with van der Waals surface area (Å²) < 4.78 is 33.9. The van der Waals surface area contributed by atoms with E-state index in [1.165, 1.54) is 6.07 Å². The number of nitrogen functional groups attached to an aromatic ring is 1. The molecule has 3 aromatic carbocycles. The molecule has 1 aliphatic carbocycles. The molecule has 4 N–H and O–H groups in total. The van der Waals surface area contributed by atoms with Gasteiger partial charge >= 0.3 is 0 Å². The van der Waals surface area contributed by atoms with Crippen LogP contribution in [0.1, 0.15) is 63.7 Å². The number of hydrogen-bond acceptors (Lipinski definition) is 6. The van der Waals surface area contributed by atoms with E-state index < -0.39 is 32.3 Å². The van der Waals surface area contributed by atoms with E-state index in [0.29, 0.717) is 5.69 Å². The summed E-state index contributed by atoms with van der Waals surface area (Å²) in [4.78, 5) is 26.0. The largest absolute Gasteiger partial charge is 0.397 e. The van der Waals surface area contributed by atoms with Crippen LogP contribution in [0.25, 0.3) is 0 Å². The van der Waals surface area contributed by atoms with Crippen molar-refractivity contribution in [2.75, 3.05) is 11.1 Å². The molecule has 8 heteroatoms. The van der Waals surface area contributed by atoms with Gasteiger partial charge in [0, 0.05) is 16.8 Å². The molecule has 3 aromatic rings. The number of ketones is 2. The van der Waals surface area contributed by atoms with E-state index in [1.54, 1.807) is 18.2 Å². The van der Waals surface area contributed by atoms with E-state index in [4.69, 9.17) is 5.73 Å². The number of nitrogens with two attached hydrogens (primary N) is 1. The molecule has 0 atom stereocenters. The molecular weight excluding hydrogens is 440 g/mol. The fourth-order valence-corrected chi connectivity index (χ4v) is 4.67. The van der Waals surface area contributed by atoms with Crippen molar-refractivity contribution >= 4 is 38.7 Å². The highest BCUT2D eigenvalue weighted by atomic mass is 32.2. The summed E-state index contributed by atoms with van der Waals surface area (Å²) in [6.45, 7) is 8.15. The quantitative estimate of drug-likeness (QED) is 0.298. The van der Waals surface area contributed by atoms with E-state index >= 15 is 0 Å². The van der Waals surface area contributed by atoms with Crippen LogP contribution in [0.4, 0.5) is 17.1 Å². The number of benzene rings is 3. The fourth-order valence-electron chi connectivity index (χ4n) is 4.02. The highest BCUT2D eigenvalue weighted by Gasteiger charge is 2.36. The molecule has 0 spiro atoms. The lowest BCUT2D eigenvalue weighted by molar-refractivity contribution is 0.0980. The van der Waals surface area contributed by atoms with Gasteiger partial charge in [-0.2, -0.15) is 8.42 Å². The van der Waals surface area contributed by atoms with Gasteiger partial charge in [0.1, 0.15) is 4.90 Å². The molecule has 0 aliphatic heterocycles. The lowest BCUT2D eigenvalue weighted by atomic mass is 9.82. The third-order valence-electron chi connectivity index (χ3n) is 5.84. The first-order valence-electron chi connectivity index (χ1n) is 10.3. The summed E-state index contributed by atoms with van der Waals surface area (Å²) in [5.74, 6) is -1.04. The predicted molar refractivity (Wildman–Crippen MR) is 127 cm³/mol. The summed E-state index contributed by atoms with van der Waals surface area (Å²) in [5.41, 5.74) is 8.22. The van der Waals surface area contributed by atoms with Crippen LogP contribution in [-0.2, 0) is 15.5 Å². The van der Waals surface area contributed by atoms with Gasteiger partial charge in [0.05, 0.1) is 22.5 Å². The van der Waals surface area contributed by atoms with Crippen LogP contribution < -0.4 is 11.1 Å². The second-order valence-corrected chi connectivity index (χ2v) is 10.6. The van der Waals surface area contributed by atoms with Crippen LogP contribution in [0.3, 0.4) is 0 Å². The van der Waals surface area contributed by atoms with E-state index in [9.17, 15) is 22.6 Å². The van der Waals surface area contributed by atoms with Gasteiger partial charge < -0.3 is 11.1 Å². The van der Waals surface area contributed by atoms with Gasteiger partial charge in [-0.25, -0.2) is 0 Å². The predicted octanol–water partition coefficient (Wildman–Crippen LogP) is 4.64. The van der Waals surface area contributed by atoms with Crippen molar-refractivity contribution in [3.63, 3.8) is 0 Å². The number of hydrogen-bond donors (Lipinski definition) is 3. The maximum atomic E-state index is 13.4. The third kappa shape index (κ3) is 3.81. The molecular formula is C25H24N2O5S. The normalized spacial score (nSPS) is 13.5. The first kappa shape index (κ1) is 22.7. The second-order valence-electron chi connectivity index (χ2n) is 9.17. The molecule has 0 fully saturated rings. The van der Waals surface area contributed by atoms with Crippen molar-refractivity contribution in [3.05, 3.63) is 81.9 Å². The molecule has 0 aromatic heterocycles. The molecule has 0 heterocycles. The Morgan fingerprint density at radius 1 is 0.879 bits per heavy atom. The molecule has 7 nitrogen and oxygen atoms in total. The maximum absolute atomic E-state index is 13.4. The Labute approximate surface area is 192 Å². The van der Waals surface area contributed by atoms with Crippen LogP contribution in [-0.4, -0.2) is 24.5 Å². The number of nitrogens with one attached hydrogen (secondary N) is 1. The van der Waals surface area contributed by atoms with Crippen LogP contribution in [0.2, 0.25) is 0 Å². The smallest absolute Gasteiger partial charge is 0.296 e. The van der Waals surface area contributed by atoms with E-state index in [-0.39, 0.29) is 33.4 Å². The molecule has 0 saturated heterocycles. The zero-order chi connectivity index (χ0) is 24.3. The highest BCUT2D eigenvalue weighted by molar-refractivity contribution is 7.86. The number of anilines is 3. The van der Waals surface area contributed by atoms with Crippen molar-refractivity contribution in [3.8, 4) is 0 Å². The average molecular weight is 465 g/mol. The van der Waals surface area contributed by atoms with Crippen molar-refractivity contribution in [2.24, 2.45) is 0 Å². The van der Waals surface area contributed by atoms with Crippen LogP contribution in [0.15, 0.2) is 53.4 Å². The molecule has 0 radical (unpaired) electrons. The number of carbonyl (C=O) groups is 2. The van der Waals surface area contributed by atoms with Crippen molar-refractivity contribution < 1.29 is 22.6 Å². The zero-order valence-electron chi connectivity index (χ0n) is 18.7. The Kier molecular flexibility index (Phi) is 5.18. The topological polar surface area (TPSA) is 127 Å². The minimum Gasteiger partial charge on any atom is -0.397 e. The van der Waals surface area contributed by atoms with Crippen LogP contribution in [0, 0.1) is 6.92 Å². The van der Waals surface area contributed by atoms with Crippen LogP contribution >= 0.6 is 0 Å². The Hall–Kier alpha value is -3.49. The Bertz CT molecular complexity index is 1450. The number of fused-ring (bicyclic) bond motifs is 2. The van der Waals surface area contributed by atoms with E-state index in [1.807, 2.05) is 25.1 Å². The molecule has 4 rings (SSSR count). The summed E-state index contributed by atoms with van der Waals surface area (Å²) in [6.07, 6.45) is 0. The molecule has 1 aliphatic rings. The molecule has 0 amide bonds.